The van der Waals surface area contributed by atoms with Crippen LogP contribution in [-0.2, 0) is 16.6 Å². The molecule has 0 saturated heterocycles. The molecule has 5 heteroatoms. The number of benzene rings is 1. The summed E-state index contributed by atoms with van der Waals surface area (Å²) in [7, 11) is -3.42. The van der Waals surface area contributed by atoms with Crippen molar-refractivity contribution in [2.45, 2.75) is 26.4 Å². The molecule has 0 saturated carbocycles. The van der Waals surface area contributed by atoms with E-state index >= 15 is 0 Å². The minimum atomic E-state index is -3.42. The van der Waals surface area contributed by atoms with Crippen molar-refractivity contribution < 1.29 is 8.42 Å². The molecule has 0 amide bonds. The summed E-state index contributed by atoms with van der Waals surface area (Å²) in [5, 5.41) is 1.31. The Kier molecular flexibility index (Phi) is 3.93. The van der Waals surface area contributed by atoms with Gasteiger partial charge in [0.2, 0.25) is 10.0 Å². The Balaban J connectivity index is 1.86. The molecule has 0 spiro atoms. The summed E-state index contributed by atoms with van der Waals surface area (Å²) in [5.74, 6) is 0. The molecule has 22 heavy (non-hydrogen) atoms. The maximum atomic E-state index is 12.6. The summed E-state index contributed by atoms with van der Waals surface area (Å²) in [6.45, 7) is 5.20. The summed E-state index contributed by atoms with van der Waals surface area (Å²) in [6, 6.07) is 13.4. The molecule has 3 rings (SSSR count). The van der Waals surface area contributed by atoms with E-state index in [2.05, 4.69) is 11.5 Å². The summed E-state index contributed by atoms with van der Waals surface area (Å²) < 4.78 is 29.0. The maximum Gasteiger partial charge on any atom is 0.236 e. The molecule has 1 aliphatic rings. The van der Waals surface area contributed by atoms with Crippen LogP contribution in [0.25, 0.3) is 6.08 Å². The fraction of sp³-hybridized carbons (Fsp3) is 0.294. The van der Waals surface area contributed by atoms with E-state index in [1.807, 2.05) is 49.4 Å². The van der Waals surface area contributed by atoms with Crippen LogP contribution in [-0.4, -0.2) is 23.8 Å². The molecule has 116 valence electrons. The zero-order chi connectivity index (χ0) is 15.7. The Bertz CT molecular complexity index is 791. The lowest BCUT2D eigenvalue weighted by molar-refractivity contribution is 0.283. The van der Waals surface area contributed by atoms with Crippen molar-refractivity contribution in [1.29, 1.82) is 0 Å². The van der Waals surface area contributed by atoms with Crippen molar-refractivity contribution in [1.82, 2.24) is 8.87 Å². The highest BCUT2D eigenvalue weighted by Crippen LogP contribution is 2.30. The van der Waals surface area contributed by atoms with Crippen molar-refractivity contribution in [3.63, 3.8) is 0 Å². The highest BCUT2D eigenvalue weighted by Gasteiger charge is 2.31. The average Bonchev–Trinajstić information content (AvgIpc) is 2.89. The van der Waals surface area contributed by atoms with E-state index in [1.165, 1.54) is 11.1 Å². The van der Waals surface area contributed by atoms with E-state index in [-0.39, 0.29) is 6.04 Å². The first-order valence-electron chi connectivity index (χ1n) is 7.40. The Morgan fingerprint density at radius 3 is 2.55 bits per heavy atom. The average molecular weight is 316 g/mol. The van der Waals surface area contributed by atoms with Gasteiger partial charge < -0.3 is 4.57 Å². The lowest BCUT2D eigenvalue weighted by Crippen LogP contribution is -2.40. The van der Waals surface area contributed by atoms with Crippen molar-refractivity contribution in [2.24, 2.45) is 0 Å². The molecular weight excluding hydrogens is 296 g/mol. The fourth-order valence-electron chi connectivity index (χ4n) is 2.95. The second-order valence-corrected chi connectivity index (χ2v) is 7.37. The summed E-state index contributed by atoms with van der Waals surface area (Å²) in [5.41, 5.74) is 3.12. The number of aryl methyl sites for hydroxylation is 1. The lowest BCUT2D eigenvalue weighted by atomic mass is 10.2. The molecule has 0 unspecified atom stereocenters. The number of hydrogen-bond acceptors (Lipinski definition) is 2. The Morgan fingerprint density at radius 2 is 1.82 bits per heavy atom. The third-order valence-electron chi connectivity index (χ3n) is 4.20. The van der Waals surface area contributed by atoms with Gasteiger partial charge in [-0.3, -0.25) is 0 Å². The Labute approximate surface area is 131 Å². The Morgan fingerprint density at radius 1 is 1.09 bits per heavy atom. The SMILES string of the molecule is Cc1ccc2n1CCN(S(=O)(=O)/C=C/c1ccccc1)[C@@H]2C. The lowest BCUT2D eigenvalue weighted by Gasteiger charge is -2.33. The maximum absolute atomic E-state index is 12.6. The molecule has 2 aromatic rings. The van der Waals surface area contributed by atoms with Gasteiger partial charge in [0.1, 0.15) is 0 Å². The van der Waals surface area contributed by atoms with Crippen LogP contribution in [0.5, 0.6) is 0 Å². The molecule has 1 aromatic heterocycles. The van der Waals surface area contributed by atoms with E-state index in [0.29, 0.717) is 13.1 Å². The van der Waals surface area contributed by atoms with Crippen molar-refractivity contribution >= 4 is 16.1 Å². The van der Waals surface area contributed by atoms with Crippen LogP contribution in [0, 0.1) is 6.92 Å². The van der Waals surface area contributed by atoms with Gasteiger partial charge in [0.15, 0.2) is 0 Å². The number of sulfonamides is 1. The fourth-order valence-corrected chi connectivity index (χ4v) is 4.32. The quantitative estimate of drug-likeness (QED) is 0.873. The topological polar surface area (TPSA) is 42.3 Å². The monoisotopic (exact) mass is 316 g/mol. The number of aromatic nitrogens is 1. The highest BCUT2D eigenvalue weighted by atomic mass is 32.2. The zero-order valence-electron chi connectivity index (χ0n) is 12.8. The molecule has 0 N–H and O–H groups in total. The molecule has 0 bridgehead atoms. The van der Waals surface area contributed by atoms with Gasteiger partial charge in [-0.25, -0.2) is 8.42 Å². The van der Waals surface area contributed by atoms with E-state index in [9.17, 15) is 8.42 Å². The molecule has 1 aliphatic heterocycles. The van der Waals surface area contributed by atoms with Crippen LogP contribution in [0.1, 0.15) is 29.9 Å². The molecule has 1 atom stereocenters. The largest absolute Gasteiger partial charge is 0.346 e. The first-order chi connectivity index (χ1) is 10.5. The van der Waals surface area contributed by atoms with Crippen LogP contribution in [0.15, 0.2) is 47.9 Å². The normalized spacial score (nSPS) is 19.5. The smallest absolute Gasteiger partial charge is 0.236 e. The van der Waals surface area contributed by atoms with Crippen LogP contribution in [0.2, 0.25) is 0 Å². The van der Waals surface area contributed by atoms with E-state index in [1.54, 1.807) is 10.4 Å². The molecule has 2 heterocycles. The van der Waals surface area contributed by atoms with Crippen LogP contribution >= 0.6 is 0 Å². The molecule has 4 nitrogen and oxygen atoms in total. The van der Waals surface area contributed by atoms with Gasteiger partial charge in [-0.15, -0.1) is 0 Å². The second kappa shape index (κ2) is 5.74. The van der Waals surface area contributed by atoms with Gasteiger partial charge in [-0.1, -0.05) is 30.3 Å². The summed E-state index contributed by atoms with van der Waals surface area (Å²) in [6.07, 6.45) is 1.65. The van der Waals surface area contributed by atoms with Crippen molar-refractivity contribution in [2.75, 3.05) is 6.54 Å². The van der Waals surface area contributed by atoms with E-state index < -0.39 is 10.0 Å². The standard InChI is InChI=1S/C17H20N2O2S/c1-14-8-9-17-15(2)19(12-11-18(14)17)22(20,21)13-10-16-6-4-3-5-7-16/h3-10,13,15H,11-12H2,1-2H3/b13-10+/t15-/m1/s1. The number of hydrogen-bond donors (Lipinski definition) is 0. The van der Waals surface area contributed by atoms with Gasteiger partial charge in [-0.05, 0) is 37.6 Å². The predicted octanol–water partition coefficient (Wildman–Crippen LogP) is 3.17. The van der Waals surface area contributed by atoms with Gasteiger partial charge in [0.05, 0.1) is 6.04 Å². The van der Waals surface area contributed by atoms with E-state index in [4.69, 9.17) is 0 Å². The number of fused-ring (bicyclic) bond motifs is 1. The third kappa shape index (κ3) is 2.74. The molecule has 1 aromatic carbocycles. The summed E-state index contributed by atoms with van der Waals surface area (Å²) in [4.78, 5) is 0. The number of nitrogens with zero attached hydrogens (tertiary/aromatic N) is 2. The first-order valence-corrected chi connectivity index (χ1v) is 8.90. The van der Waals surface area contributed by atoms with Crippen molar-refractivity contribution in [3.05, 3.63) is 64.8 Å². The van der Waals surface area contributed by atoms with Gasteiger partial charge >= 0.3 is 0 Å². The van der Waals surface area contributed by atoms with Crippen LogP contribution < -0.4 is 0 Å². The first kappa shape index (κ1) is 15.1. The molecular formula is C17H20N2O2S. The van der Waals surface area contributed by atoms with Crippen LogP contribution in [0.4, 0.5) is 0 Å². The second-order valence-electron chi connectivity index (χ2n) is 5.60. The minimum absolute atomic E-state index is 0.145. The van der Waals surface area contributed by atoms with Crippen LogP contribution in [0.3, 0.4) is 0 Å². The molecule has 0 aliphatic carbocycles. The van der Waals surface area contributed by atoms with Crippen molar-refractivity contribution in [3.8, 4) is 0 Å². The van der Waals surface area contributed by atoms with Gasteiger partial charge in [0.25, 0.3) is 0 Å². The van der Waals surface area contributed by atoms with Gasteiger partial charge in [-0.2, -0.15) is 4.31 Å². The molecule has 0 fully saturated rings. The summed E-state index contributed by atoms with van der Waals surface area (Å²) >= 11 is 0. The van der Waals surface area contributed by atoms with E-state index in [0.717, 1.165) is 11.3 Å². The minimum Gasteiger partial charge on any atom is -0.346 e. The number of rotatable bonds is 3. The third-order valence-corrected chi connectivity index (χ3v) is 5.83. The molecule has 0 radical (unpaired) electrons. The van der Waals surface area contributed by atoms with Gasteiger partial charge in [0, 0.05) is 29.9 Å². The predicted molar refractivity (Wildman–Crippen MR) is 88.7 cm³/mol. The highest BCUT2D eigenvalue weighted by molar-refractivity contribution is 7.92. The zero-order valence-corrected chi connectivity index (χ0v) is 13.6. The Hall–Kier alpha value is -1.85.